The molecule has 0 aliphatic heterocycles. The Kier molecular flexibility index (Phi) is 4.69. The second kappa shape index (κ2) is 6.48. The molecule has 0 heterocycles. The number of methoxy groups -OCH3 is 1. The van der Waals surface area contributed by atoms with Crippen molar-refractivity contribution < 1.29 is 13.5 Å². The molecule has 2 aromatic rings. The minimum atomic E-state index is -0.431. The van der Waals surface area contributed by atoms with E-state index in [-0.39, 0.29) is 17.6 Å². The molecule has 0 aromatic heterocycles. The van der Waals surface area contributed by atoms with Crippen molar-refractivity contribution in [1.82, 2.24) is 5.32 Å². The predicted octanol–water partition coefficient (Wildman–Crippen LogP) is 3.67. The lowest BCUT2D eigenvalue weighted by Gasteiger charge is -2.20. The molecule has 2 rings (SSSR count). The number of halogens is 2. The van der Waals surface area contributed by atoms with Crippen LogP contribution in [0.5, 0.6) is 5.75 Å². The maximum atomic E-state index is 14.0. The van der Waals surface area contributed by atoms with E-state index in [2.05, 4.69) is 5.32 Å². The third kappa shape index (κ3) is 2.96. The first-order valence-corrected chi connectivity index (χ1v) is 6.48. The molecule has 0 saturated carbocycles. The molecule has 0 saturated heterocycles. The van der Waals surface area contributed by atoms with Crippen molar-refractivity contribution in [2.75, 3.05) is 13.7 Å². The van der Waals surface area contributed by atoms with E-state index in [1.54, 1.807) is 30.3 Å². The number of ether oxygens (including phenoxy) is 1. The SMILES string of the molecule is CCNC(c1ccc(F)c(OC)c1)c1ccccc1F. The summed E-state index contributed by atoms with van der Waals surface area (Å²) in [5, 5.41) is 3.21. The van der Waals surface area contributed by atoms with Gasteiger partial charge in [-0.3, -0.25) is 0 Å². The first-order chi connectivity index (χ1) is 9.67. The molecule has 2 nitrogen and oxygen atoms in total. The second-order valence-electron chi connectivity index (χ2n) is 4.41. The van der Waals surface area contributed by atoms with Crippen molar-refractivity contribution in [2.24, 2.45) is 0 Å². The molecule has 0 amide bonds. The van der Waals surface area contributed by atoms with Crippen molar-refractivity contribution in [3.05, 3.63) is 65.2 Å². The largest absolute Gasteiger partial charge is 0.494 e. The second-order valence-corrected chi connectivity index (χ2v) is 4.41. The summed E-state index contributed by atoms with van der Waals surface area (Å²) in [5.41, 5.74) is 1.29. The van der Waals surface area contributed by atoms with Gasteiger partial charge < -0.3 is 10.1 Å². The minimum Gasteiger partial charge on any atom is -0.494 e. The summed E-state index contributed by atoms with van der Waals surface area (Å²) in [7, 11) is 1.41. The highest BCUT2D eigenvalue weighted by molar-refractivity contribution is 5.38. The Bertz CT molecular complexity index is 586. The third-order valence-electron chi connectivity index (χ3n) is 3.13. The van der Waals surface area contributed by atoms with E-state index in [0.29, 0.717) is 12.1 Å². The van der Waals surface area contributed by atoms with Gasteiger partial charge in [0.15, 0.2) is 11.6 Å². The molecule has 2 aromatic carbocycles. The van der Waals surface area contributed by atoms with Crippen LogP contribution in [0, 0.1) is 11.6 Å². The van der Waals surface area contributed by atoms with Crippen LogP contribution in [0.3, 0.4) is 0 Å². The van der Waals surface area contributed by atoms with Crippen LogP contribution in [0.25, 0.3) is 0 Å². The van der Waals surface area contributed by atoms with Crippen molar-refractivity contribution in [3.8, 4) is 5.75 Å². The summed E-state index contributed by atoms with van der Waals surface area (Å²) in [4.78, 5) is 0. The van der Waals surface area contributed by atoms with Gasteiger partial charge in [0.2, 0.25) is 0 Å². The fourth-order valence-electron chi connectivity index (χ4n) is 2.18. The molecule has 1 N–H and O–H groups in total. The number of nitrogens with one attached hydrogen (secondary N) is 1. The molecule has 0 aliphatic rings. The van der Waals surface area contributed by atoms with E-state index < -0.39 is 5.82 Å². The minimum absolute atomic E-state index is 0.154. The van der Waals surface area contributed by atoms with Crippen molar-refractivity contribution in [2.45, 2.75) is 13.0 Å². The Morgan fingerprint density at radius 2 is 1.85 bits per heavy atom. The van der Waals surface area contributed by atoms with Gasteiger partial charge in [-0.15, -0.1) is 0 Å². The molecule has 0 bridgehead atoms. The highest BCUT2D eigenvalue weighted by atomic mass is 19.1. The van der Waals surface area contributed by atoms with Crippen molar-refractivity contribution >= 4 is 0 Å². The van der Waals surface area contributed by atoms with E-state index >= 15 is 0 Å². The first kappa shape index (κ1) is 14.5. The average Bonchev–Trinajstić information content (AvgIpc) is 2.46. The van der Waals surface area contributed by atoms with Crippen LogP contribution in [-0.2, 0) is 0 Å². The quantitative estimate of drug-likeness (QED) is 0.900. The molecule has 106 valence electrons. The Labute approximate surface area is 117 Å². The third-order valence-corrected chi connectivity index (χ3v) is 3.13. The summed E-state index contributed by atoms with van der Waals surface area (Å²) >= 11 is 0. The summed E-state index contributed by atoms with van der Waals surface area (Å²) in [6.45, 7) is 2.60. The maximum absolute atomic E-state index is 14.0. The van der Waals surface area contributed by atoms with Crippen LogP contribution < -0.4 is 10.1 Å². The van der Waals surface area contributed by atoms with Gasteiger partial charge in [-0.2, -0.15) is 0 Å². The average molecular weight is 277 g/mol. The molecule has 0 fully saturated rings. The van der Waals surface area contributed by atoms with E-state index in [1.807, 2.05) is 6.92 Å². The maximum Gasteiger partial charge on any atom is 0.165 e. The van der Waals surface area contributed by atoms with Crippen LogP contribution in [0.15, 0.2) is 42.5 Å². The van der Waals surface area contributed by atoms with Gasteiger partial charge in [-0.05, 0) is 30.3 Å². The zero-order chi connectivity index (χ0) is 14.5. The number of hydrogen-bond donors (Lipinski definition) is 1. The van der Waals surface area contributed by atoms with Crippen molar-refractivity contribution in [1.29, 1.82) is 0 Å². The summed E-state index contributed by atoms with van der Waals surface area (Å²) < 4.78 is 32.4. The number of benzene rings is 2. The lowest BCUT2D eigenvalue weighted by Crippen LogP contribution is -2.23. The molecular weight excluding hydrogens is 260 g/mol. The smallest absolute Gasteiger partial charge is 0.165 e. The highest BCUT2D eigenvalue weighted by Crippen LogP contribution is 2.28. The lowest BCUT2D eigenvalue weighted by molar-refractivity contribution is 0.385. The molecule has 4 heteroatoms. The predicted molar refractivity (Wildman–Crippen MR) is 74.9 cm³/mol. The summed E-state index contributed by atoms with van der Waals surface area (Å²) in [6, 6.07) is 10.8. The van der Waals surface area contributed by atoms with Gasteiger partial charge >= 0.3 is 0 Å². The summed E-state index contributed by atoms with van der Waals surface area (Å²) in [5.74, 6) is -0.566. The monoisotopic (exact) mass is 277 g/mol. The molecule has 0 spiro atoms. The van der Waals surface area contributed by atoms with Gasteiger partial charge in [0.05, 0.1) is 13.2 Å². The van der Waals surface area contributed by atoms with Crippen molar-refractivity contribution in [3.63, 3.8) is 0 Å². The highest BCUT2D eigenvalue weighted by Gasteiger charge is 2.18. The lowest BCUT2D eigenvalue weighted by atomic mass is 9.98. The van der Waals surface area contributed by atoms with Gasteiger partial charge in [-0.1, -0.05) is 31.2 Å². The van der Waals surface area contributed by atoms with Gasteiger partial charge in [-0.25, -0.2) is 8.78 Å². The molecule has 1 unspecified atom stereocenters. The zero-order valence-electron chi connectivity index (χ0n) is 11.5. The van der Waals surface area contributed by atoms with Crippen LogP contribution in [0.2, 0.25) is 0 Å². The zero-order valence-corrected chi connectivity index (χ0v) is 11.5. The Hall–Kier alpha value is -1.94. The fraction of sp³-hybridized carbons (Fsp3) is 0.250. The van der Waals surface area contributed by atoms with E-state index in [9.17, 15) is 8.78 Å². The summed E-state index contributed by atoms with van der Waals surface area (Å²) in [6.07, 6.45) is 0. The Balaban J connectivity index is 2.46. The standard InChI is InChI=1S/C16H17F2NO/c1-3-19-16(12-6-4-5-7-13(12)17)11-8-9-14(18)15(10-11)20-2/h4-10,16,19H,3H2,1-2H3. The van der Waals surface area contributed by atoms with Gasteiger partial charge in [0.25, 0.3) is 0 Å². The number of hydrogen-bond acceptors (Lipinski definition) is 2. The van der Waals surface area contributed by atoms with E-state index in [1.165, 1.54) is 19.2 Å². The normalized spacial score (nSPS) is 12.2. The molecule has 0 radical (unpaired) electrons. The van der Waals surface area contributed by atoms with Crippen LogP contribution in [0.4, 0.5) is 8.78 Å². The molecule has 0 aliphatic carbocycles. The molecule has 1 atom stereocenters. The Morgan fingerprint density at radius 3 is 2.50 bits per heavy atom. The topological polar surface area (TPSA) is 21.3 Å². The first-order valence-electron chi connectivity index (χ1n) is 6.48. The van der Waals surface area contributed by atoms with E-state index in [0.717, 1.165) is 5.56 Å². The number of rotatable bonds is 5. The molecular formula is C16H17F2NO. The van der Waals surface area contributed by atoms with Gasteiger partial charge in [0, 0.05) is 5.56 Å². The fourth-order valence-corrected chi connectivity index (χ4v) is 2.18. The van der Waals surface area contributed by atoms with Crippen LogP contribution in [0.1, 0.15) is 24.1 Å². The molecule has 20 heavy (non-hydrogen) atoms. The van der Waals surface area contributed by atoms with E-state index in [4.69, 9.17) is 4.74 Å². The van der Waals surface area contributed by atoms with Crippen LogP contribution in [-0.4, -0.2) is 13.7 Å². The Morgan fingerprint density at radius 1 is 1.10 bits per heavy atom. The van der Waals surface area contributed by atoms with Gasteiger partial charge in [0.1, 0.15) is 5.82 Å². The van der Waals surface area contributed by atoms with Crippen LogP contribution >= 0.6 is 0 Å².